The molecule has 19 heavy (non-hydrogen) atoms. The molecule has 0 aromatic carbocycles. The largest absolute Gasteiger partial charge is 0.370 e. The molecule has 2 aromatic heterocycles. The molecule has 0 bridgehead atoms. The molecule has 0 aliphatic heterocycles. The number of nitrogens with one attached hydrogen (secondary N) is 1. The Balaban J connectivity index is 2.22. The van der Waals surface area contributed by atoms with Crippen LogP contribution in [0.25, 0.3) is 0 Å². The highest BCUT2D eigenvalue weighted by molar-refractivity contribution is 14.1. The smallest absolute Gasteiger partial charge is 0.267 e. The van der Waals surface area contributed by atoms with Crippen molar-refractivity contribution in [3.8, 4) is 0 Å². The van der Waals surface area contributed by atoms with Crippen molar-refractivity contribution >= 4 is 28.4 Å². The molecule has 2 rings (SSSR count). The summed E-state index contributed by atoms with van der Waals surface area (Å²) in [5.74, 6) is 0.843. The lowest BCUT2D eigenvalue weighted by Gasteiger charge is -2.08. The molecule has 0 aliphatic carbocycles. The molecular weight excluding hydrogens is 355 g/mol. The Kier molecular flexibility index (Phi) is 4.52. The van der Waals surface area contributed by atoms with Gasteiger partial charge in [-0.05, 0) is 48.1 Å². The quantitative estimate of drug-likeness (QED) is 0.837. The van der Waals surface area contributed by atoms with Crippen molar-refractivity contribution in [1.82, 2.24) is 14.5 Å². The third-order valence-electron chi connectivity index (χ3n) is 2.69. The topological polar surface area (TPSA) is 59.8 Å². The van der Waals surface area contributed by atoms with Gasteiger partial charge in [0.15, 0.2) is 0 Å². The van der Waals surface area contributed by atoms with Gasteiger partial charge in [-0.25, -0.2) is 9.97 Å². The molecule has 1 N–H and O–H groups in total. The number of aryl methyl sites for hydroxylation is 1. The van der Waals surface area contributed by atoms with Crippen LogP contribution in [0, 0.1) is 10.5 Å². The zero-order chi connectivity index (χ0) is 13.8. The molecule has 2 aromatic rings. The zero-order valence-corrected chi connectivity index (χ0v) is 13.0. The van der Waals surface area contributed by atoms with Crippen LogP contribution in [0.1, 0.15) is 18.2 Å². The van der Waals surface area contributed by atoms with Gasteiger partial charge in [-0.2, -0.15) is 0 Å². The first kappa shape index (κ1) is 14.0. The summed E-state index contributed by atoms with van der Waals surface area (Å²) in [7, 11) is 0. The number of hydrogen-bond donors (Lipinski definition) is 1. The standard InChI is InChI=1S/C13H15IN4O/c1-3-15-11-5-4-10(6-16-11)7-18-8-17-9(2)12(14)13(18)19/h4-6,8H,3,7H2,1-2H3,(H,15,16). The lowest BCUT2D eigenvalue weighted by Crippen LogP contribution is -2.24. The molecule has 0 amide bonds. The first-order chi connectivity index (χ1) is 9.11. The molecule has 0 radical (unpaired) electrons. The van der Waals surface area contributed by atoms with E-state index < -0.39 is 0 Å². The third-order valence-corrected chi connectivity index (χ3v) is 3.93. The molecule has 0 unspecified atom stereocenters. The summed E-state index contributed by atoms with van der Waals surface area (Å²) in [6, 6.07) is 3.88. The minimum atomic E-state index is -0.0103. The summed E-state index contributed by atoms with van der Waals surface area (Å²) in [6.45, 7) is 5.18. The Hall–Kier alpha value is -1.44. The number of pyridine rings is 1. The molecule has 0 fully saturated rings. The van der Waals surface area contributed by atoms with Crippen LogP contribution in [0.3, 0.4) is 0 Å². The SMILES string of the molecule is CCNc1ccc(Cn2cnc(C)c(I)c2=O)cn1. The van der Waals surface area contributed by atoms with E-state index in [1.807, 2.05) is 48.6 Å². The monoisotopic (exact) mass is 370 g/mol. The maximum absolute atomic E-state index is 12.0. The normalized spacial score (nSPS) is 10.5. The van der Waals surface area contributed by atoms with E-state index in [2.05, 4.69) is 15.3 Å². The van der Waals surface area contributed by atoms with Gasteiger partial charge in [0, 0.05) is 12.7 Å². The number of nitrogens with zero attached hydrogens (tertiary/aromatic N) is 3. The van der Waals surface area contributed by atoms with Crippen molar-refractivity contribution in [3.63, 3.8) is 0 Å². The Morgan fingerprint density at radius 2 is 2.16 bits per heavy atom. The van der Waals surface area contributed by atoms with E-state index in [1.54, 1.807) is 17.1 Å². The fourth-order valence-corrected chi connectivity index (χ4v) is 2.11. The first-order valence-electron chi connectivity index (χ1n) is 6.02. The maximum Gasteiger partial charge on any atom is 0.267 e. The van der Waals surface area contributed by atoms with E-state index in [4.69, 9.17) is 0 Å². The van der Waals surface area contributed by atoms with Crippen molar-refractivity contribution in [1.29, 1.82) is 0 Å². The Bertz CT molecular complexity index is 622. The van der Waals surface area contributed by atoms with Crippen LogP contribution in [0.2, 0.25) is 0 Å². The Morgan fingerprint density at radius 3 is 2.79 bits per heavy atom. The van der Waals surface area contributed by atoms with Crippen LogP contribution in [-0.4, -0.2) is 21.1 Å². The van der Waals surface area contributed by atoms with Gasteiger partial charge in [-0.15, -0.1) is 0 Å². The highest BCUT2D eigenvalue weighted by Gasteiger charge is 2.06. The average molecular weight is 370 g/mol. The first-order valence-corrected chi connectivity index (χ1v) is 7.10. The molecule has 6 heteroatoms. The summed E-state index contributed by atoms with van der Waals surface area (Å²) in [4.78, 5) is 20.5. The minimum Gasteiger partial charge on any atom is -0.370 e. The van der Waals surface area contributed by atoms with E-state index in [0.29, 0.717) is 10.1 Å². The van der Waals surface area contributed by atoms with Crippen molar-refractivity contribution < 1.29 is 0 Å². The number of rotatable bonds is 4. The van der Waals surface area contributed by atoms with Crippen LogP contribution in [0.5, 0.6) is 0 Å². The second-order valence-corrected chi connectivity index (χ2v) is 5.24. The van der Waals surface area contributed by atoms with Gasteiger partial charge in [-0.3, -0.25) is 9.36 Å². The van der Waals surface area contributed by atoms with Crippen LogP contribution >= 0.6 is 22.6 Å². The predicted octanol–water partition coefficient (Wildman–Crippen LogP) is 2.03. The van der Waals surface area contributed by atoms with Gasteiger partial charge in [0.2, 0.25) is 0 Å². The van der Waals surface area contributed by atoms with Gasteiger partial charge < -0.3 is 5.32 Å². The molecule has 0 aliphatic rings. The van der Waals surface area contributed by atoms with E-state index in [1.165, 1.54) is 0 Å². The van der Waals surface area contributed by atoms with Crippen molar-refractivity contribution in [3.05, 3.63) is 49.8 Å². The minimum absolute atomic E-state index is 0.0103. The van der Waals surface area contributed by atoms with Gasteiger partial charge >= 0.3 is 0 Å². The van der Waals surface area contributed by atoms with Gasteiger partial charge in [0.25, 0.3) is 5.56 Å². The number of halogens is 1. The molecule has 100 valence electrons. The van der Waals surface area contributed by atoms with Gasteiger partial charge in [-0.1, -0.05) is 6.07 Å². The molecular formula is C13H15IN4O. The van der Waals surface area contributed by atoms with E-state index in [0.717, 1.165) is 23.6 Å². The summed E-state index contributed by atoms with van der Waals surface area (Å²) < 4.78 is 2.26. The highest BCUT2D eigenvalue weighted by Crippen LogP contribution is 2.07. The summed E-state index contributed by atoms with van der Waals surface area (Å²) >= 11 is 2.03. The second kappa shape index (κ2) is 6.14. The lowest BCUT2D eigenvalue weighted by molar-refractivity contribution is 0.721. The van der Waals surface area contributed by atoms with Crippen molar-refractivity contribution in [2.24, 2.45) is 0 Å². The summed E-state index contributed by atoms with van der Waals surface area (Å²) in [5.41, 5.74) is 1.73. The van der Waals surface area contributed by atoms with E-state index >= 15 is 0 Å². The number of anilines is 1. The van der Waals surface area contributed by atoms with E-state index in [9.17, 15) is 4.79 Å². The number of aromatic nitrogens is 3. The van der Waals surface area contributed by atoms with Crippen LogP contribution in [0.4, 0.5) is 5.82 Å². The Labute approximate surface area is 125 Å². The van der Waals surface area contributed by atoms with Crippen LogP contribution < -0.4 is 10.9 Å². The van der Waals surface area contributed by atoms with Crippen LogP contribution in [-0.2, 0) is 6.54 Å². The fraction of sp³-hybridized carbons (Fsp3) is 0.308. The molecule has 0 saturated heterocycles. The fourth-order valence-electron chi connectivity index (χ4n) is 1.66. The molecule has 2 heterocycles. The number of hydrogen-bond acceptors (Lipinski definition) is 4. The molecule has 0 spiro atoms. The third kappa shape index (κ3) is 3.31. The molecule has 0 saturated carbocycles. The molecule has 5 nitrogen and oxygen atoms in total. The summed E-state index contributed by atoms with van der Waals surface area (Å²) in [6.07, 6.45) is 3.36. The highest BCUT2D eigenvalue weighted by atomic mass is 127. The predicted molar refractivity (Wildman–Crippen MR) is 83.5 cm³/mol. The van der Waals surface area contributed by atoms with Gasteiger partial charge in [0.05, 0.1) is 22.1 Å². The van der Waals surface area contributed by atoms with Gasteiger partial charge in [0.1, 0.15) is 5.82 Å². The molecule has 0 atom stereocenters. The maximum atomic E-state index is 12.0. The van der Waals surface area contributed by atoms with Crippen LogP contribution in [0.15, 0.2) is 29.5 Å². The summed E-state index contributed by atoms with van der Waals surface area (Å²) in [5, 5.41) is 3.13. The Morgan fingerprint density at radius 1 is 1.37 bits per heavy atom. The van der Waals surface area contributed by atoms with Crippen molar-refractivity contribution in [2.75, 3.05) is 11.9 Å². The second-order valence-electron chi connectivity index (χ2n) is 4.16. The van der Waals surface area contributed by atoms with Crippen molar-refractivity contribution in [2.45, 2.75) is 20.4 Å². The van der Waals surface area contributed by atoms with E-state index in [-0.39, 0.29) is 5.56 Å². The average Bonchev–Trinajstić information content (AvgIpc) is 2.42. The lowest BCUT2D eigenvalue weighted by atomic mass is 10.3. The zero-order valence-electron chi connectivity index (χ0n) is 10.9.